The van der Waals surface area contributed by atoms with Crippen LogP contribution in [0.2, 0.25) is 0 Å². The van der Waals surface area contributed by atoms with E-state index in [1.54, 1.807) is 0 Å². The van der Waals surface area contributed by atoms with Gasteiger partial charge in [0.15, 0.2) is 0 Å². The first kappa shape index (κ1) is 14.5. The van der Waals surface area contributed by atoms with Gasteiger partial charge in [-0.05, 0) is 60.3 Å². The number of nitrogens with two attached hydrogens (primary N) is 1. The molecule has 1 fully saturated rings. The highest BCUT2D eigenvalue weighted by molar-refractivity contribution is 9.10. The molecule has 1 aliphatic carbocycles. The highest BCUT2D eigenvalue weighted by atomic mass is 79.9. The monoisotopic (exact) mass is 324 g/mol. The van der Waals surface area contributed by atoms with E-state index in [-0.39, 0.29) is 11.9 Å². The molecule has 0 spiro atoms. The lowest BCUT2D eigenvalue weighted by atomic mass is 10.0. The molecule has 0 radical (unpaired) electrons. The predicted octanol–water partition coefficient (Wildman–Crippen LogP) is 2.96. The molecule has 0 aromatic heterocycles. The number of rotatable bonds is 3. The zero-order valence-electron chi connectivity index (χ0n) is 11.5. The van der Waals surface area contributed by atoms with Crippen molar-refractivity contribution in [3.8, 4) is 0 Å². The highest BCUT2D eigenvalue weighted by Crippen LogP contribution is 2.30. The Balaban J connectivity index is 2.21. The van der Waals surface area contributed by atoms with Crippen LogP contribution in [0.15, 0.2) is 22.7 Å². The van der Waals surface area contributed by atoms with Gasteiger partial charge in [0.1, 0.15) is 0 Å². The van der Waals surface area contributed by atoms with Gasteiger partial charge in [-0.2, -0.15) is 0 Å². The van der Waals surface area contributed by atoms with Crippen molar-refractivity contribution in [2.24, 2.45) is 11.7 Å². The summed E-state index contributed by atoms with van der Waals surface area (Å²) in [6.07, 6.45) is 3.36. The van der Waals surface area contributed by atoms with Crippen molar-refractivity contribution < 1.29 is 4.79 Å². The molecular formula is C15H21BrN2O. The van der Waals surface area contributed by atoms with Crippen LogP contribution in [0, 0.1) is 12.8 Å². The molecule has 0 aliphatic heterocycles. The fourth-order valence-electron chi connectivity index (χ4n) is 2.95. The average molecular weight is 325 g/mol. The Kier molecular flexibility index (Phi) is 4.63. The topological polar surface area (TPSA) is 46.3 Å². The number of nitrogens with zero attached hydrogens (tertiary/aromatic N) is 1. The van der Waals surface area contributed by atoms with Gasteiger partial charge < -0.3 is 10.6 Å². The van der Waals surface area contributed by atoms with Crippen molar-refractivity contribution in [2.45, 2.75) is 32.2 Å². The van der Waals surface area contributed by atoms with Crippen molar-refractivity contribution in [3.05, 3.63) is 33.8 Å². The molecule has 1 aromatic carbocycles. The molecule has 2 rings (SSSR count). The number of carbonyl (C=O) groups is 1. The van der Waals surface area contributed by atoms with Crippen LogP contribution >= 0.6 is 15.9 Å². The molecule has 1 aliphatic rings. The van der Waals surface area contributed by atoms with Crippen molar-refractivity contribution >= 4 is 21.8 Å². The van der Waals surface area contributed by atoms with Gasteiger partial charge in [0.2, 0.25) is 0 Å². The van der Waals surface area contributed by atoms with E-state index in [4.69, 9.17) is 5.73 Å². The number of hydrogen-bond acceptors (Lipinski definition) is 2. The van der Waals surface area contributed by atoms with E-state index in [0.717, 1.165) is 28.4 Å². The molecule has 19 heavy (non-hydrogen) atoms. The standard InChI is InChI=1S/C15H21BrN2O/c1-10-6-7-13(16)12(8-10)15(19)18(2)14-5-3-4-11(14)9-17/h6-8,11,14H,3-5,9,17H2,1-2H3. The van der Waals surface area contributed by atoms with Gasteiger partial charge >= 0.3 is 0 Å². The van der Waals surface area contributed by atoms with E-state index >= 15 is 0 Å². The predicted molar refractivity (Wildman–Crippen MR) is 81.2 cm³/mol. The minimum atomic E-state index is 0.0842. The van der Waals surface area contributed by atoms with Gasteiger partial charge in [-0.3, -0.25) is 4.79 Å². The van der Waals surface area contributed by atoms with Crippen molar-refractivity contribution in [3.63, 3.8) is 0 Å². The van der Waals surface area contributed by atoms with Crippen LogP contribution in [-0.4, -0.2) is 30.4 Å². The summed E-state index contributed by atoms with van der Waals surface area (Å²) in [5.41, 5.74) is 7.65. The molecule has 1 saturated carbocycles. The normalized spacial score (nSPS) is 22.5. The average Bonchev–Trinajstić information content (AvgIpc) is 2.88. The zero-order valence-corrected chi connectivity index (χ0v) is 13.1. The molecular weight excluding hydrogens is 304 g/mol. The Morgan fingerprint density at radius 2 is 2.21 bits per heavy atom. The summed E-state index contributed by atoms with van der Waals surface area (Å²) < 4.78 is 0.859. The second-order valence-electron chi connectivity index (χ2n) is 5.39. The van der Waals surface area contributed by atoms with E-state index < -0.39 is 0 Å². The Morgan fingerprint density at radius 1 is 1.47 bits per heavy atom. The van der Waals surface area contributed by atoms with Gasteiger partial charge in [-0.25, -0.2) is 0 Å². The van der Waals surface area contributed by atoms with Crippen LogP contribution in [0.3, 0.4) is 0 Å². The molecule has 0 bridgehead atoms. The Hall–Kier alpha value is -0.870. The maximum atomic E-state index is 12.6. The summed E-state index contributed by atoms with van der Waals surface area (Å²) in [5, 5.41) is 0. The molecule has 1 amide bonds. The summed E-state index contributed by atoms with van der Waals surface area (Å²) in [6, 6.07) is 6.16. The first-order valence-electron chi connectivity index (χ1n) is 6.78. The number of carbonyl (C=O) groups excluding carboxylic acids is 1. The first-order chi connectivity index (χ1) is 9.04. The number of hydrogen-bond donors (Lipinski definition) is 1. The lowest BCUT2D eigenvalue weighted by molar-refractivity contribution is 0.0699. The smallest absolute Gasteiger partial charge is 0.255 e. The van der Waals surface area contributed by atoms with Crippen LogP contribution in [0.25, 0.3) is 0 Å². The van der Waals surface area contributed by atoms with Gasteiger partial charge in [0.25, 0.3) is 5.91 Å². The highest BCUT2D eigenvalue weighted by Gasteiger charge is 2.32. The molecule has 0 heterocycles. The maximum absolute atomic E-state index is 12.6. The second kappa shape index (κ2) is 6.06. The van der Waals surface area contributed by atoms with Gasteiger partial charge in [-0.1, -0.05) is 18.1 Å². The largest absolute Gasteiger partial charge is 0.338 e. The summed E-state index contributed by atoms with van der Waals surface area (Å²) >= 11 is 3.47. The van der Waals surface area contributed by atoms with Crippen LogP contribution in [0.5, 0.6) is 0 Å². The van der Waals surface area contributed by atoms with Crippen molar-refractivity contribution in [1.29, 1.82) is 0 Å². The molecule has 0 saturated heterocycles. The van der Waals surface area contributed by atoms with Gasteiger partial charge in [-0.15, -0.1) is 0 Å². The lowest BCUT2D eigenvalue weighted by Gasteiger charge is -2.29. The van der Waals surface area contributed by atoms with Gasteiger partial charge in [0, 0.05) is 17.6 Å². The van der Waals surface area contributed by atoms with E-state index in [9.17, 15) is 4.79 Å². The molecule has 1 aromatic rings. The minimum Gasteiger partial charge on any atom is -0.338 e. The number of benzene rings is 1. The number of aryl methyl sites for hydroxylation is 1. The summed E-state index contributed by atoms with van der Waals surface area (Å²) in [4.78, 5) is 14.5. The third-order valence-corrected chi connectivity index (χ3v) is 4.78. The molecule has 104 valence electrons. The third kappa shape index (κ3) is 3.00. The minimum absolute atomic E-state index is 0.0842. The first-order valence-corrected chi connectivity index (χ1v) is 7.57. The van der Waals surface area contributed by atoms with Crippen LogP contribution in [0.4, 0.5) is 0 Å². The van der Waals surface area contributed by atoms with E-state index in [1.807, 2.05) is 37.1 Å². The quantitative estimate of drug-likeness (QED) is 0.929. The zero-order chi connectivity index (χ0) is 14.0. The SMILES string of the molecule is Cc1ccc(Br)c(C(=O)N(C)C2CCCC2CN)c1. The summed E-state index contributed by atoms with van der Waals surface area (Å²) in [7, 11) is 1.90. The summed E-state index contributed by atoms with van der Waals surface area (Å²) in [6.45, 7) is 2.67. The van der Waals surface area contributed by atoms with Crippen molar-refractivity contribution in [1.82, 2.24) is 4.90 Å². The van der Waals surface area contributed by atoms with Crippen LogP contribution in [0.1, 0.15) is 35.2 Å². The van der Waals surface area contributed by atoms with Crippen LogP contribution in [-0.2, 0) is 0 Å². The molecule has 2 unspecified atom stereocenters. The van der Waals surface area contributed by atoms with Gasteiger partial charge in [0.05, 0.1) is 5.56 Å². The van der Waals surface area contributed by atoms with E-state index in [2.05, 4.69) is 15.9 Å². The lowest BCUT2D eigenvalue weighted by Crippen LogP contribution is -2.41. The fraction of sp³-hybridized carbons (Fsp3) is 0.533. The Morgan fingerprint density at radius 3 is 2.89 bits per heavy atom. The third-order valence-electron chi connectivity index (χ3n) is 4.09. The Labute approximate surface area is 123 Å². The fourth-order valence-corrected chi connectivity index (χ4v) is 3.36. The maximum Gasteiger partial charge on any atom is 0.255 e. The molecule has 2 N–H and O–H groups in total. The Bertz CT molecular complexity index is 475. The second-order valence-corrected chi connectivity index (χ2v) is 6.25. The van der Waals surface area contributed by atoms with E-state index in [1.165, 1.54) is 6.42 Å². The van der Waals surface area contributed by atoms with Crippen LogP contribution < -0.4 is 5.73 Å². The summed E-state index contributed by atoms with van der Waals surface area (Å²) in [5.74, 6) is 0.526. The molecule has 2 atom stereocenters. The number of halogens is 1. The molecule has 3 nitrogen and oxygen atoms in total. The number of amides is 1. The van der Waals surface area contributed by atoms with Crippen molar-refractivity contribution in [2.75, 3.05) is 13.6 Å². The molecule has 4 heteroatoms. The van der Waals surface area contributed by atoms with E-state index in [0.29, 0.717) is 12.5 Å².